The van der Waals surface area contributed by atoms with Gasteiger partial charge in [0.2, 0.25) is 11.8 Å². The third-order valence-electron chi connectivity index (χ3n) is 2.04. The van der Waals surface area contributed by atoms with E-state index in [0.717, 1.165) is 11.1 Å². The van der Waals surface area contributed by atoms with Crippen LogP contribution in [0.15, 0.2) is 30.3 Å². The molecule has 0 saturated heterocycles. The molecule has 0 bridgehead atoms. The lowest BCUT2D eigenvalue weighted by atomic mass is 10.1. The van der Waals surface area contributed by atoms with Crippen LogP contribution in [-0.2, 0) is 9.59 Å². The Balaban J connectivity index is 2.57. The molecule has 4 nitrogen and oxygen atoms in total. The number of aryl methyl sites for hydroxylation is 1. The summed E-state index contributed by atoms with van der Waals surface area (Å²) < 4.78 is 0. The van der Waals surface area contributed by atoms with Crippen molar-refractivity contribution in [2.75, 3.05) is 6.54 Å². The zero-order valence-corrected chi connectivity index (χ0v) is 9.07. The number of primary amides is 1. The molecule has 0 aliphatic heterocycles. The lowest BCUT2D eigenvalue weighted by molar-refractivity contribution is -0.122. The van der Waals surface area contributed by atoms with E-state index in [-0.39, 0.29) is 12.5 Å². The van der Waals surface area contributed by atoms with E-state index in [2.05, 4.69) is 5.32 Å². The highest BCUT2D eigenvalue weighted by atomic mass is 16.2. The van der Waals surface area contributed by atoms with Crippen molar-refractivity contribution in [1.29, 1.82) is 0 Å². The van der Waals surface area contributed by atoms with Crippen LogP contribution < -0.4 is 11.1 Å². The van der Waals surface area contributed by atoms with Gasteiger partial charge >= 0.3 is 0 Å². The first-order valence-electron chi connectivity index (χ1n) is 4.89. The van der Waals surface area contributed by atoms with E-state index in [1.807, 2.05) is 31.2 Å². The predicted octanol–water partition coefficient (Wildman–Crippen LogP) is 0.610. The zero-order chi connectivity index (χ0) is 12.0. The van der Waals surface area contributed by atoms with Crippen molar-refractivity contribution >= 4 is 17.9 Å². The Morgan fingerprint density at radius 2 is 2.06 bits per heavy atom. The highest BCUT2D eigenvalue weighted by Crippen LogP contribution is 2.08. The van der Waals surface area contributed by atoms with Crippen LogP contribution in [0.1, 0.15) is 11.1 Å². The summed E-state index contributed by atoms with van der Waals surface area (Å²) in [6.45, 7) is 1.82. The number of carbonyl (C=O) groups excluding carboxylic acids is 2. The van der Waals surface area contributed by atoms with Gasteiger partial charge in [0.05, 0.1) is 6.54 Å². The average molecular weight is 218 g/mol. The molecule has 0 aromatic heterocycles. The molecule has 0 radical (unpaired) electrons. The summed E-state index contributed by atoms with van der Waals surface area (Å²) in [4.78, 5) is 21.6. The molecule has 84 valence electrons. The van der Waals surface area contributed by atoms with Crippen molar-refractivity contribution in [2.24, 2.45) is 5.73 Å². The molecule has 0 unspecified atom stereocenters. The van der Waals surface area contributed by atoms with Crippen LogP contribution >= 0.6 is 0 Å². The number of benzene rings is 1. The molecular formula is C12H14N2O2. The minimum Gasteiger partial charge on any atom is -0.368 e. The lowest BCUT2D eigenvalue weighted by Crippen LogP contribution is -2.32. The molecule has 2 amide bonds. The van der Waals surface area contributed by atoms with Gasteiger partial charge in [-0.2, -0.15) is 0 Å². The number of hydrogen-bond acceptors (Lipinski definition) is 2. The third kappa shape index (κ3) is 3.96. The summed E-state index contributed by atoms with van der Waals surface area (Å²) in [5.41, 5.74) is 6.95. The Hall–Kier alpha value is -2.10. The van der Waals surface area contributed by atoms with E-state index in [1.54, 1.807) is 6.08 Å². The largest absolute Gasteiger partial charge is 0.368 e. The van der Waals surface area contributed by atoms with Gasteiger partial charge in [0, 0.05) is 6.08 Å². The molecule has 3 N–H and O–H groups in total. The summed E-state index contributed by atoms with van der Waals surface area (Å²) in [5, 5.41) is 2.37. The molecule has 0 heterocycles. The van der Waals surface area contributed by atoms with Gasteiger partial charge in [0.25, 0.3) is 0 Å². The smallest absolute Gasteiger partial charge is 0.244 e. The summed E-state index contributed by atoms with van der Waals surface area (Å²) in [7, 11) is 0. The van der Waals surface area contributed by atoms with Crippen molar-refractivity contribution in [3.05, 3.63) is 41.5 Å². The normalized spacial score (nSPS) is 10.3. The molecule has 1 aromatic carbocycles. The van der Waals surface area contributed by atoms with Crippen LogP contribution in [0.5, 0.6) is 0 Å². The molecule has 0 aliphatic rings. The van der Waals surface area contributed by atoms with Crippen molar-refractivity contribution in [3.8, 4) is 0 Å². The first kappa shape index (κ1) is 12.0. The van der Waals surface area contributed by atoms with E-state index in [0.29, 0.717) is 0 Å². The monoisotopic (exact) mass is 218 g/mol. The first-order chi connectivity index (χ1) is 7.59. The third-order valence-corrected chi connectivity index (χ3v) is 2.04. The second-order valence-electron chi connectivity index (χ2n) is 3.37. The Labute approximate surface area is 94.1 Å². The second-order valence-corrected chi connectivity index (χ2v) is 3.37. The number of nitrogens with one attached hydrogen (secondary N) is 1. The standard InChI is InChI=1S/C12H14N2O2/c1-9-4-2-3-5-10(9)6-7-12(16)14-8-11(13)15/h2-7H,8H2,1H3,(H2,13,15)(H,14,16)/b7-6+. The average Bonchev–Trinajstić information content (AvgIpc) is 2.25. The lowest BCUT2D eigenvalue weighted by Gasteiger charge is -1.99. The molecule has 0 saturated carbocycles. The predicted molar refractivity (Wildman–Crippen MR) is 62.4 cm³/mol. The zero-order valence-electron chi connectivity index (χ0n) is 9.07. The Kier molecular flexibility index (Phi) is 4.27. The van der Waals surface area contributed by atoms with Gasteiger partial charge in [-0.1, -0.05) is 24.3 Å². The molecule has 1 aromatic rings. The number of nitrogens with two attached hydrogens (primary N) is 1. The van der Waals surface area contributed by atoms with Crippen LogP contribution in [-0.4, -0.2) is 18.4 Å². The maximum absolute atomic E-state index is 11.2. The second kappa shape index (κ2) is 5.70. The van der Waals surface area contributed by atoms with Gasteiger partial charge in [-0.3, -0.25) is 9.59 Å². The molecule has 0 aliphatic carbocycles. The maximum atomic E-state index is 11.2. The van der Waals surface area contributed by atoms with Gasteiger partial charge in [0.1, 0.15) is 0 Å². The van der Waals surface area contributed by atoms with E-state index >= 15 is 0 Å². The summed E-state index contributed by atoms with van der Waals surface area (Å²) in [5.74, 6) is -0.889. The molecule has 1 rings (SSSR count). The van der Waals surface area contributed by atoms with Crippen molar-refractivity contribution in [1.82, 2.24) is 5.32 Å². The van der Waals surface area contributed by atoms with Crippen LogP contribution in [0.25, 0.3) is 6.08 Å². The number of hydrogen-bond donors (Lipinski definition) is 2. The van der Waals surface area contributed by atoms with Crippen LogP contribution in [0.4, 0.5) is 0 Å². The Morgan fingerprint density at radius 3 is 2.69 bits per heavy atom. The molecule has 4 heteroatoms. The van der Waals surface area contributed by atoms with Crippen molar-refractivity contribution < 1.29 is 9.59 Å². The van der Waals surface area contributed by atoms with Crippen molar-refractivity contribution in [2.45, 2.75) is 6.92 Å². The quantitative estimate of drug-likeness (QED) is 0.727. The highest BCUT2D eigenvalue weighted by molar-refractivity contribution is 5.94. The van der Waals surface area contributed by atoms with Crippen molar-refractivity contribution in [3.63, 3.8) is 0 Å². The SMILES string of the molecule is Cc1ccccc1/C=C/C(=O)NCC(N)=O. The van der Waals surface area contributed by atoms with Gasteiger partial charge < -0.3 is 11.1 Å². The summed E-state index contributed by atoms with van der Waals surface area (Å²) >= 11 is 0. The van der Waals surface area contributed by atoms with E-state index in [4.69, 9.17) is 5.73 Å². The fourth-order valence-electron chi connectivity index (χ4n) is 1.17. The fraction of sp³-hybridized carbons (Fsp3) is 0.167. The topological polar surface area (TPSA) is 72.2 Å². The van der Waals surface area contributed by atoms with Gasteiger partial charge in [0.15, 0.2) is 0 Å². The van der Waals surface area contributed by atoms with Gasteiger partial charge in [-0.25, -0.2) is 0 Å². The van der Waals surface area contributed by atoms with Gasteiger partial charge in [-0.05, 0) is 24.1 Å². The molecule has 0 fully saturated rings. The molecule has 0 spiro atoms. The van der Waals surface area contributed by atoms with Crippen LogP contribution in [0, 0.1) is 6.92 Å². The number of rotatable bonds is 4. The summed E-state index contributed by atoms with van der Waals surface area (Å²) in [6.07, 6.45) is 3.08. The fourth-order valence-corrected chi connectivity index (χ4v) is 1.17. The number of amides is 2. The van der Waals surface area contributed by atoms with E-state index in [1.165, 1.54) is 6.08 Å². The molecule has 0 atom stereocenters. The van der Waals surface area contributed by atoms with Gasteiger partial charge in [-0.15, -0.1) is 0 Å². The summed E-state index contributed by atoms with van der Waals surface area (Å²) in [6, 6.07) is 7.70. The Bertz CT molecular complexity index is 425. The van der Waals surface area contributed by atoms with E-state index < -0.39 is 5.91 Å². The Morgan fingerprint density at radius 1 is 1.38 bits per heavy atom. The minimum absolute atomic E-state index is 0.142. The maximum Gasteiger partial charge on any atom is 0.244 e. The first-order valence-corrected chi connectivity index (χ1v) is 4.89. The van der Waals surface area contributed by atoms with Crippen LogP contribution in [0.2, 0.25) is 0 Å². The molecular weight excluding hydrogens is 204 g/mol. The van der Waals surface area contributed by atoms with E-state index in [9.17, 15) is 9.59 Å². The number of carbonyl (C=O) groups is 2. The molecule has 16 heavy (non-hydrogen) atoms. The van der Waals surface area contributed by atoms with Crippen LogP contribution in [0.3, 0.4) is 0 Å². The minimum atomic E-state index is -0.558. The highest BCUT2D eigenvalue weighted by Gasteiger charge is 1.98.